The molecule has 4 nitrogen and oxygen atoms in total. The molecule has 2 heterocycles. The Kier molecular flexibility index (Phi) is 4.91. The second-order valence-electron chi connectivity index (χ2n) is 6.22. The van der Waals surface area contributed by atoms with Gasteiger partial charge in [-0.05, 0) is 18.2 Å². The number of fused-ring (bicyclic) bond motifs is 2. The number of hydrogen-bond acceptors (Lipinski definition) is 4. The van der Waals surface area contributed by atoms with Gasteiger partial charge >= 0.3 is 0 Å². The van der Waals surface area contributed by atoms with Crippen molar-refractivity contribution in [2.24, 2.45) is 0 Å². The number of benzene rings is 2. The molecule has 132 valence electrons. The predicted octanol–water partition coefficient (Wildman–Crippen LogP) is 5.08. The first kappa shape index (κ1) is 17.3. The number of nitrogens with zero attached hydrogens (tertiary/aromatic N) is 3. The van der Waals surface area contributed by atoms with Gasteiger partial charge in [0.2, 0.25) is 0 Å². The number of thioether (sulfide) groups is 1. The number of nitriles is 1. The van der Waals surface area contributed by atoms with E-state index in [1.165, 1.54) is 11.8 Å². The number of pyridine rings is 1. The lowest BCUT2D eigenvalue weighted by Gasteiger charge is -2.02. The van der Waals surface area contributed by atoms with Crippen molar-refractivity contribution in [1.29, 1.82) is 5.26 Å². The quantitative estimate of drug-likeness (QED) is 0.350. The molecule has 0 amide bonds. The van der Waals surface area contributed by atoms with Crippen molar-refractivity contribution in [3.05, 3.63) is 72.4 Å². The van der Waals surface area contributed by atoms with Gasteiger partial charge < -0.3 is 4.57 Å². The number of rotatable bonds is 6. The number of aromatic nitrogens is 2. The summed E-state index contributed by atoms with van der Waals surface area (Å²) in [4.78, 5) is 17.5. The summed E-state index contributed by atoms with van der Waals surface area (Å²) >= 11 is 1.45. The molecule has 4 rings (SSSR count). The van der Waals surface area contributed by atoms with Crippen molar-refractivity contribution in [2.75, 3.05) is 5.75 Å². The fraction of sp³-hybridized carbons (Fsp3) is 0.136. The maximum atomic E-state index is 12.9. The highest BCUT2D eigenvalue weighted by molar-refractivity contribution is 7.99. The molecule has 0 aliphatic carbocycles. The standard InChI is InChI=1S/C22H17N3OS/c23-12-5-13-25-14-18(17-7-2-4-9-20(17)25)21(26)15-27-22-11-10-16-6-1-3-8-19(16)24-22/h1-4,6-11,14H,5,13,15H2. The number of ketones is 1. The lowest BCUT2D eigenvalue weighted by atomic mass is 10.1. The Labute approximate surface area is 161 Å². The first-order chi connectivity index (χ1) is 13.3. The molecule has 5 heteroatoms. The summed E-state index contributed by atoms with van der Waals surface area (Å²) in [6, 6.07) is 21.9. The Hall–Kier alpha value is -3.10. The number of Topliss-reactive ketones (excluding diaryl/α,β-unsaturated/α-hetero) is 1. The van der Waals surface area contributed by atoms with E-state index < -0.39 is 0 Å². The van der Waals surface area contributed by atoms with Gasteiger partial charge in [-0.3, -0.25) is 4.79 Å². The fourth-order valence-corrected chi connectivity index (χ4v) is 3.93. The molecule has 0 aliphatic heterocycles. The van der Waals surface area contributed by atoms with Crippen LogP contribution in [0.2, 0.25) is 0 Å². The van der Waals surface area contributed by atoms with E-state index in [1.54, 1.807) is 0 Å². The van der Waals surface area contributed by atoms with Gasteiger partial charge in [-0.2, -0.15) is 5.26 Å². The molecular weight excluding hydrogens is 354 g/mol. The van der Waals surface area contributed by atoms with E-state index >= 15 is 0 Å². The molecule has 0 bridgehead atoms. The minimum absolute atomic E-state index is 0.0712. The maximum absolute atomic E-state index is 12.9. The van der Waals surface area contributed by atoms with Gasteiger partial charge in [-0.1, -0.05) is 54.2 Å². The fourth-order valence-electron chi connectivity index (χ4n) is 3.17. The van der Waals surface area contributed by atoms with Crippen LogP contribution in [0.4, 0.5) is 0 Å². The Morgan fingerprint density at radius 2 is 1.89 bits per heavy atom. The van der Waals surface area contributed by atoms with Crippen molar-refractivity contribution in [2.45, 2.75) is 18.0 Å². The van der Waals surface area contributed by atoms with Gasteiger partial charge in [0, 0.05) is 34.6 Å². The Bertz CT molecular complexity index is 1170. The third kappa shape index (κ3) is 3.57. The number of aryl methyl sites for hydroxylation is 1. The summed E-state index contributed by atoms with van der Waals surface area (Å²) in [6.07, 6.45) is 2.29. The van der Waals surface area contributed by atoms with E-state index in [2.05, 4.69) is 11.1 Å². The summed E-state index contributed by atoms with van der Waals surface area (Å²) in [7, 11) is 0. The predicted molar refractivity (Wildman–Crippen MR) is 109 cm³/mol. The van der Waals surface area contributed by atoms with Gasteiger partial charge in [-0.15, -0.1) is 0 Å². The topological polar surface area (TPSA) is 58.7 Å². The average molecular weight is 371 g/mol. The van der Waals surface area contributed by atoms with Crippen molar-refractivity contribution >= 4 is 39.4 Å². The van der Waals surface area contributed by atoms with Crippen molar-refractivity contribution in [3.63, 3.8) is 0 Å². The second kappa shape index (κ2) is 7.65. The third-order valence-corrected chi connectivity index (χ3v) is 5.41. The zero-order valence-corrected chi connectivity index (χ0v) is 15.4. The molecule has 0 fully saturated rings. The number of para-hydroxylation sites is 2. The van der Waals surface area contributed by atoms with E-state index in [9.17, 15) is 4.79 Å². The van der Waals surface area contributed by atoms with Gasteiger partial charge in [-0.25, -0.2) is 4.98 Å². The lowest BCUT2D eigenvalue weighted by molar-refractivity contribution is 0.102. The highest BCUT2D eigenvalue weighted by Crippen LogP contribution is 2.25. The SMILES string of the molecule is N#CCCn1cc(C(=O)CSc2ccc3ccccc3n2)c2ccccc21. The number of carbonyl (C=O) groups excluding carboxylic acids is 1. The van der Waals surface area contributed by atoms with Crippen molar-refractivity contribution in [1.82, 2.24) is 9.55 Å². The normalized spacial score (nSPS) is 10.9. The zero-order chi connectivity index (χ0) is 18.6. The van der Waals surface area contributed by atoms with Crippen LogP contribution in [0.25, 0.3) is 21.8 Å². The highest BCUT2D eigenvalue weighted by Gasteiger charge is 2.15. The second-order valence-corrected chi connectivity index (χ2v) is 7.21. The van der Waals surface area contributed by atoms with E-state index in [-0.39, 0.29) is 5.78 Å². The molecule has 0 N–H and O–H groups in total. The first-order valence-electron chi connectivity index (χ1n) is 8.73. The maximum Gasteiger partial charge on any atom is 0.175 e. The van der Waals surface area contributed by atoms with Crippen LogP contribution in [0.5, 0.6) is 0 Å². The van der Waals surface area contributed by atoms with Crippen LogP contribution in [0, 0.1) is 11.3 Å². The summed E-state index contributed by atoms with van der Waals surface area (Å²) < 4.78 is 1.99. The van der Waals surface area contributed by atoms with E-state index in [0.29, 0.717) is 24.3 Å². The molecule has 4 aromatic rings. The van der Waals surface area contributed by atoms with E-state index in [1.807, 2.05) is 71.4 Å². The molecule has 0 atom stereocenters. The Morgan fingerprint density at radius 1 is 1.07 bits per heavy atom. The van der Waals surface area contributed by atoms with Gasteiger partial charge in [0.25, 0.3) is 0 Å². The Balaban J connectivity index is 1.56. The van der Waals surface area contributed by atoms with Crippen LogP contribution >= 0.6 is 11.8 Å². The molecule has 0 radical (unpaired) electrons. The molecule has 0 saturated heterocycles. The third-order valence-electron chi connectivity index (χ3n) is 4.48. The van der Waals surface area contributed by atoms with Crippen molar-refractivity contribution in [3.8, 4) is 6.07 Å². The van der Waals surface area contributed by atoms with Crippen molar-refractivity contribution < 1.29 is 4.79 Å². The molecule has 0 spiro atoms. The molecule has 27 heavy (non-hydrogen) atoms. The van der Waals surface area contributed by atoms with Crippen LogP contribution in [-0.4, -0.2) is 21.1 Å². The smallest absolute Gasteiger partial charge is 0.175 e. The zero-order valence-electron chi connectivity index (χ0n) is 14.6. The molecular formula is C22H17N3OS. The molecule has 0 unspecified atom stereocenters. The minimum Gasteiger partial charge on any atom is -0.346 e. The average Bonchev–Trinajstić information content (AvgIpc) is 3.09. The van der Waals surface area contributed by atoms with Gasteiger partial charge in [0.05, 0.1) is 28.8 Å². The highest BCUT2D eigenvalue weighted by atomic mass is 32.2. The molecule has 0 saturated carbocycles. The van der Waals surface area contributed by atoms with E-state index in [0.717, 1.165) is 26.8 Å². The van der Waals surface area contributed by atoms with Crippen LogP contribution < -0.4 is 0 Å². The van der Waals surface area contributed by atoms with E-state index in [4.69, 9.17) is 5.26 Å². The number of carbonyl (C=O) groups is 1. The summed E-state index contributed by atoms with van der Waals surface area (Å²) in [5.74, 6) is 0.402. The molecule has 2 aromatic heterocycles. The van der Waals surface area contributed by atoms with Crippen LogP contribution in [0.1, 0.15) is 16.8 Å². The lowest BCUT2D eigenvalue weighted by Crippen LogP contribution is -2.02. The van der Waals surface area contributed by atoms with Crippen LogP contribution in [0.15, 0.2) is 71.9 Å². The monoisotopic (exact) mass is 371 g/mol. The van der Waals surface area contributed by atoms with Gasteiger partial charge in [0.15, 0.2) is 5.78 Å². The Morgan fingerprint density at radius 3 is 2.78 bits per heavy atom. The summed E-state index contributed by atoms with van der Waals surface area (Å²) in [6.45, 7) is 0.587. The minimum atomic E-state index is 0.0712. The molecule has 2 aromatic carbocycles. The summed E-state index contributed by atoms with van der Waals surface area (Å²) in [5.41, 5.74) is 2.63. The van der Waals surface area contributed by atoms with Gasteiger partial charge in [0.1, 0.15) is 0 Å². The number of hydrogen-bond donors (Lipinski definition) is 0. The van der Waals surface area contributed by atoms with Crippen LogP contribution in [0.3, 0.4) is 0 Å². The molecule has 0 aliphatic rings. The summed E-state index contributed by atoms with van der Waals surface area (Å²) in [5, 5.41) is 11.7. The largest absolute Gasteiger partial charge is 0.346 e. The van der Waals surface area contributed by atoms with Crippen LogP contribution in [-0.2, 0) is 6.54 Å². The first-order valence-corrected chi connectivity index (χ1v) is 9.71.